The van der Waals surface area contributed by atoms with Crippen LogP contribution in [0.15, 0.2) is 6.07 Å². The van der Waals surface area contributed by atoms with E-state index in [1.165, 1.54) is 31.4 Å². The van der Waals surface area contributed by atoms with Crippen LogP contribution in [-0.4, -0.2) is 28.8 Å². The Morgan fingerprint density at radius 1 is 1.38 bits per heavy atom. The number of hydrogen-bond acceptors (Lipinski definition) is 3. The zero-order chi connectivity index (χ0) is 14.7. The summed E-state index contributed by atoms with van der Waals surface area (Å²) in [4.78, 5) is 12.1. The van der Waals surface area contributed by atoms with Crippen molar-refractivity contribution in [2.75, 3.05) is 18.4 Å². The highest BCUT2D eigenvalue weighted by molar-refractivity contribution is 5.89. The van der Waals surface area contributed by atoms with Crippen molar-refractivity contribution in [2.24, 2.45) is 5.92 Å². The molecule has 1 aliphatic heterocycles. The van der Waals surface area contributed by atoms with Crippen LogP contribution in [0.4, 0.5) is 5.82 Å². The van der Waals surface area contributed by atoms with Crippen LogP contribution in [-0.2, 0) is 11.3 Å². The molecule has 1 amide bonds. The molecule has 5 heteroatoms. The molecule has 5 nitrogen and oxygen atoms in total. The molecule has 1 aromatic rings. The summed E-state index contributed by atoms with van der Waals surface area (Å²) < 4.78 is 2.03. The van der Waals surface area contributed by atoms with Gasteiger partial charge in [0.15, 0.2) is 5.82 Å². The fourth-order valence-electron chi connectivity index (χ4n) is 3.16. The third-order valence-electron chi connectivity index (χ3n) is 4.61. The first-order valence-electron chi connectivity index (χ1n) is 8.34. The molecule has 2 heterocycles. The van der Waals surface area contributed by atoms with Gasteiger partial charge in [-0.25, -0.2) is 0 Å². The SMILES string of the molecule is CCn1nc(NC(=O)CCC2CCNCC2)cc1C1CC1. The second kappa shape index (κ2) is 6.60. The van der Waals surface area contributed by atoms with Crippen LogP contribution in [0.1, 0.15) is 57.1 Å². The van der Waals surface area contributed by atoms with E-state index < -0.39 is 0 Å². The Morgan fingerprint density at radius 3 is 2.81 bits per heavy atom. The average molecular weight is 290 g/mol. The highest BCUT2D eigenvalue weighted by atomic mass is 16.1. The van der Waals surface area contributed by atoms with Gasteiger partial charge in [0.2, 0.25) is 5.91 Å². The quantitative estimate of drug-likeness (QED) is 0.846. The van der Waals surface area contributed by atoms with Crippen molar-refractivity contribution in [2.45, 2.75) is 57.9 Å². The van der Waals surface area contributed by atoms with Crippen molar-refractivity contribution in [3.05, 3.63) is 11.8 Å². The summed E-state index contributed by atoms with van der Waals surface area (Å²) in [7, 11) is 0. The number of piperidine rings is 1. The number of nitrogens with zero attached hydrogens (tertiary/aromatic N) is 2. The average Bonchev–Trinajstić information content (AvgIpc) is 3.28. The molecule has 2 N–H and O–H groups in total. The fraction of sp³-hybridized carbons (Fsp3) is 0.750. The molecule has 0 atom stereocenters. The number of hydrogen-bond donors (Lipinski definition) is 2. The van der Waals surface area contributed by atoms with Gasteiger partial charge in [0.1, 0.15) is 0 Å². The van der Waals surface area contributed by atoms with Gasteiger partial charge in [0.25, 0.3) is 0 Å². The maximum atomic E-state index is 12.1. The molecular formula is C16H26N4O. The predicted octanol–water partition coefficient (Wildman–Crippen LogP) is 2.50. The van der Waals surface area contributed by atoms with Crippen molar-refractivity contribution in [1.29, 1.82) is 0 Å². The number of aryl methyl sites for hydroxylation is 1. The van der Waals surface area contributed by atoms with E-state index in [9.17, 15) is 4.79 Å². The monoisotopic (exact) mass is 290 g/mol. The minimum Gasteiger partial charge on any atom is -0.317 e. The normalized spacial score (nSPS) is 19.7. The van der Waals surface area contributed by atoms with E-state index >= 15 is 0 Å². The van der Waals surface area contributed by atoms with Gasteiger partial charge in [-0.05, 0) is 58.0 Å². The van der Waals surface area contributed by atoms with Gasteiger partial charge in [-0.1, -0.05) is 0 Å². The van der Waals surface area contributed by atoms with Crippen molar-refractivity contribution in [1.82, 2.24) is 15.1 Å². The Hall–Kier alpha value is -1.36. The number of rotatable bonds is 6. The van der Waals surface area contributed by atoms with Gasteiger partial charge in [0.05, 0.1) is 0 Å². The van der Waals surface area contributed by atoms with E-state index in [2.05, 4.69) is 28.7 Å². The van der Waals surface area contributed by atoms with E-state index in [1.807, 2.05) is 4.68 Å². The first kappa shape index (κ1) is 14.6. The first-order valence-corrected chi connectivity index (χ1v) is 8.34. The number of carbonyl (C=O) groups excluding carboxylic acids is 1. The summed E-state index contributed by atoms with van der Waals surface area (Å²) in [6, 6.07) is 2.06. The topological polar surface area (TPSA) is 59.0 Å². The third-order valence-corrected chi connectivity index (χ3v) is 4.61. The van der Waals surface area contributed by atoms with Crippen molar-refractivity contribution in [3.8, 4) is 0 Å². The number of nitrogens with one attached hydrogen (secondary N) is 2. The molecule has 1 saturated heterocycles. The van der Waals surface area contributed by atoms with Gasteiger partial charge in [-0.2, -0.15) is 5.10 Å². The Labute approximate surface area is 126 Å². The molecule has 0 bridgehead atoms. The molecule has 1 saturated carbocycles. The van der Waals surface area contributed by atoms with E-state index in [-0.39, 0.29) is 5.91 Å². The standard InChI is InChI=1S/C16H26N4O/c1-2-20-14(13-4-5-13)11-15(19-20)18-16(21)6-3-12-7-9-17-10-8-12/h11-13,17H,2-10H2,1H3,(H,18,19,21). The summed E-state index contributed by atoms with van der Waals surface area (Å²) in [6.07, 6.45) is 6.52. The maximum Gasteiger partial charge on any atom is 0.225 e. The molecule has 21 heavy (non-hydrogen) atoms. The highest BCUT2D eigenvalue weighted by Gasteiger charge is 2.28. The summed E-state index contributed by atoms with van der Waals surface area (Å²) in [5, 5.41) is 10.8. The number of carbonyl (C=O) groups is 1. The van der Waals surface area contributed by atoms with Crippen LogP contribution in [0.25, 0.3) is 0 Å². The molecule has 0 radical (unpaired) electrons. The molecule has 3 rings (SSSR count). The zero-order valence-electron chi connectivity index (χ0n) is 12.9. The number of aromatic nitrogens is 2. The lowest BCUT2D eigenvalue weighted by Crippen LogP contribution is -2.28. The van der Waals surface area contributed by atoms with E-state index in [0.29, 0.717) is 18.3 Å². The number of anilines is 1. The van der Waals surface area contributed by atoms with Crippen molar-refractivity contribution < 1.29 is 4.79 Å². The second-order valence-corrected chi connectivity index (χ2v) is 6.32. The Bertz CT molecular complexity index is 486. The molecule has 0 aromatic carbocycles. The van der Waals surface area contributed by atoms with Crippen LogP contribution in [0.2, 0.25) is 0 Å². The maximum absolute atomic E-state index is 12.1. The summed E-state index contributed by atoms with van der Waals surface area (Å²) in [6.45, 7) is 5.16. The van der Waals surface area contributed by atoms with Crippen LogP contribution >= 0.6 is 0 Å². The smallest absolute Gasteiger partial charge is 0.225 e. The lowest BCUT2D eigenvalue weighted by Gasteiger charge is -2.21. The van der Waals surface area contributed by atoms with E-state index in [0.717, 1.165) is 31.9 Å². The van der Waals surface area contributed by atoms with Crippen LogP contribution in [0, 0.1) is 5.92 Å². The Balaban J connectivity index is 1.49. The Morgan fingerprint density at radius 2 is 2.14 bits per heavy atom. The fourth-order valence-corrected chi connectivity index (χ4v) is 3.16. The Kier molecular flexibility index (Phi) is 4.58. The molecule has 0 spiro atoms. The largest absolute Gasteiger partial charge is 0.317 e. The molecule has 116 valence electrons. The molecule has 1 aliphatic carbocycles. The predicted molar refractivity (Wildman–Crippen MR) is 83.3 cm³/mol. The summed E-state index contributed by atoms with van der Waals surface area (Å²) >= 11 is 0. The number of amides is 1. The summed E-state index contributed by atoms with van der Waals surface area (Å²) in [5.74, 6) is 2.20. The minimum absolute atomic E-state index is 0.108. The zero-order valence-corrected chi connectivity index (χ0v) is 12.9. The third kappa shape index (κ3) is 3.84. The molecule has 2 fully saturated rings. The van der Waals surface area contributed by atoms with E-state index in [1.54, 1.807) is 0 Å². The molecule has 1 aromatic heterocycles. The molecular weight excluding hydrogens is 264 g/mol. The van der Waals surface area contributed by atoms with Gasteiger partial charge in [-0.3, -0.25) is 9.48 Å². The van der Waals surface area contributed by atoms with Gasteiger partial charge in [-0.15, -0.1) is 0 Å². The van der Waals surface area contributed by atoms with Crippen LogP contribution < -0.4 is 10.6 Å². The lowest BCUT2D eigenvalue weighted by molar-refractivity contribution is -0.116. The van der Waals surface area contributed by atoms with Crippen molar-refractivity contribution in [3.63, 3.8) is 0 Å². The van der Waals surface area contributed by atoms with Gasteiger partial charge in [0, 0.05) is 30.6 Å². The first-order chi connectivity index (χ1) is 10.3. The second-order valence-electron chi connectivity index (χ2n) is 6.32. The molecule has 2 aliphatic rings. The van der Waals surface area contributed by atoms with Crippen LogP contribution in [0.5, 0.6) is 0 Å². The molecule has 0 unspecified atom stereocenters. The van der Waals surface area contributed by atoms with E-state index in [4.69, 9.17) is 0 Å². The van der Waals surface area contributed by atoms with Gasteiger partial charge >= 0.3 is 0 Å². The lowest BCUT2D eigenvalue weighted by atomic mass is 9.93. The summed E-state index contributed by atoms with van der Waals surface area (Å²) in [5.41, 5.74) is 1.28. The van der Waals surface area contributed by atoms with Crippen LogP contribution in [0.3, 0.4) is 0 Å². The van der Waals surface area contributed by atoms with Crippen molar-refractivity contribution >= 4 is 11.7 Å². The van der Waals surface area contributed by atoms with Gasteiger partial charge < -0.3 is 10.6 Å². The minimum atomic E-state index is 0.108. The highest BCUT2D eigenvalue weighted by Crippen LogP contribution is 2.40.